The van der Waals surface area contributed by atoms with E-state index >= 15 is 0 Å². The lowest BCUT2D eigenvalue weighted by molar-refractivity contribution is -0.309. The molecule has 29 heteroatoms. The number of hydrogen-bond acceptors (Lipinski definition) is 14. The smallest absolute Gasteiger partial charge is 0.434 e. The normalized spacial score (nSPS) is 21.7. The minimum atomic E-state index is -5.75. The van der Waals surface area contributed by atoms with Crippen molar-refractivity contribution in [3.8, 4) is 0 Å². The van der Waals surface area contributed by atoms with Crippen molar-refractivity contribution in [2.75, 3.05) is 102 Å². The lowest BCUT2D eigenvalue weighted by Gasteiger charge is -2.54. The van der Waals surface area contributed by atoms with Crippen LogP contribution in [0.4, 0.5) is 73.6 Å². The Morgan fingerprint density at radius 3 is 1.60 bits per heavy atom. The molecule has 6 heterocycles. The molecule has 2 atom stereocenters. The minimum Gasteiger partial charge on any atom is -0.479 e. The number of aldehydes is 1. The Balaban J connectivity index is 0.000000207. The predicted octanol–water partition coefficient (Wildman–Crippen LogP) is 7.26. The Hall–Kier alpha value is -5.81. The molecule has 6 aliphatic rings. The van der Waals surface area contributed by atoms with Gasteiger partial charge in [0.05, 0.1) is 26.3 Å². The third kappa shape index (κ3) is 15.9. The monoisotopic (exact) mass is 1120 g/mol. The van der Waals surface area contributed by atoms with Crippen LogP contribution in [-0.4, -0.2) is 192 Å². The lowest BCUT2D eigenvalue weighted by atomic mass is 9.72. The van der Waals surface area contributed by atoms with Gasteiger partial charge in [-0.2, -0.15) is 52.7 Å². The lowest BCUT2D eigenvalue weighted by Crippen LogP contribution is -2.60. The van der Waals surface area contributed by atoms with Crippen molar-refractivity contribution in [2.24, 2.45) is 10.8 Å². The molecular weight excluding hydrogens is 1060 g/mol. The van der Waals surface area contributed by atoms with E-state index in [1.54, 1.807) is 6.07 Å². The molecule has 2 unspecified atom stereocenters. The summed E-state index contributed by atoms with van der Waals surface area (Å²) in [6.07, 6.45) is -33.0. The average molecular weight is 1120 g/mol. The number of morpholine rings is 2. The Bertz CT molecular complexity index is 2340. The van der Waals surface area contributed by atoms with Crippen LogP contribution in [0, 0.1) is 24.7 Å². The number of carboxylic acid groups (broad SMARTS) is 1. The molecule has 77 heavy (non-hydrogen) atoms. The number of aliphatic carboxylic acids is 1. The first-order valence-electron chi connectivity index (χ1n) is 24.3. The molecule has 0 aliphatic carbocycles. The number of hydrogen-bond donors (Lipinski definition) is 2. The number of nitrogens with zero attached hydrogens (tertiary/aromatic N) is 5. The Labute approximate surface area is 433 Å². The number of aryl methyl sites for hydroxylation is 2. The van der Waals surface area contributed by atoms with E-state index in [1.165, 1.54) is 0 Å². The van der Waals surface area contributed by atoms with Gasteiger partial charge in [-0.1, -0.05) is 18.2 Å². The summed E-state index contributed by atoms with van der Waals surface area (Å²) in [5, 5.41) is 12.4. The second-order valence-electron chi connectivity index (χ2n) is 19.9. The maximum absolute atomic E-state index is 12.7. The van der Waals surface area contributed by atoms with Crippen molar-refractivity contribution in [1.82, 2.24) is 20.0 Å². The first-order valence-corrected chi connectivity index (χ1v) is 24.3. The van der Waals surface area contributed by atoms with Crippen LogP contribution in [0.1, 0.15) is 52.7 Å². The maximum atomic E-state index is 12.7. The number of carbonyl (C=O) groups excluding carboxylic acids is 4. The van der Waals surface area contributed by atoms with Gasteiger partial charge in [-0.25, -0.2) is 14.4 Å². The largest absolute Gasteiger partial charge is 0.479 e. The van der Waals surface area contributed by atoms with Crippen LogP contribution in [0.5, 0.6) is 0 Å². The number of nitrogens with one attached hydrogen (secondary N) is 1. The van der Waals surface area contributed by atoms with Gasteiger partial charge in [0.1, 0.15) is 0 Å². The number of carboxylic acids is 1. The Kier molecular flexibility index (Phi) is 19.2. The molecule has 6 saturated heterocycles. The number of halogens is 12. The van der Waals surface area contributed by atoms with Crippen molar-refractivity contribution in [3.63, 3.8) is 0 Å². The second-order valence-corrected chi connectivity index (χ2v) is 19.9. The number of alkyl halides is 12. The zero-order valence-electron chi connectivity index (χ0n) is 41.7. The quantitative estimate of drug-likeness (QED) is 0.138. The minimum absolute atomic E-state index is 0.00917. The zero-order chi connectivity index (χ0) is 56.7. The third-order valence-electron chi connectivity index (χ3n) is 14.1. The highest BCUT2D eigenvalue weighted by molar-refractivity contribution is 5.85. The van der Waals surface area contributed by atoms with E-state index < -0.39 is 67.5 Å². The van der Waals surface area contributed by atoms with Crippen LogP contribution in [0.3, 0.4) is 0 Å². The molecule has 0 radical (unpaired) electrons. The Morgan fingerprint density at radius 1 is 0.675 bits per heavy atom. The number of ether oxygens (including phenoxy) is 5. The fourth-order valence-corrected chi connectivity index (χ4v) is 9.85. The van der Waals surface area contributed by atoms with Crippen LogP contribution >= 0.6 is 0 Å². The molecule has 0 saturated carbocycles. The van der Waals surface area contributed by atoms with Gasteiger partial charge in [-0.05, 0) is 85.3 Å². The molecule has 2 aromatic rings. The average Bonchev–Trinajstić information content (AvgIpc) is 3.33. The summed E-state index contributed by atoms with van der Waals surface area (Å²) in [4.78, 5) is 64.3. The van der Waals surface area contributed by atoms with Crippen molar-refractivity contribution in [2.45, 2.75) is 95.4 Å². The summed E-state index contributed by atoms with van der Waals surface area (Å²) in [6, 6.07) is 11.6. The zero-order valence-corrected chi connectivity index (χ0v) is 41.7. The standard InChI is InChI=1S/C24H29F6N3O5.C13H15NO4.C11H14F6N2O2/c1-15-2-3-16(17(10-15)33-8-9-37-18(12-33)19(34)35)11-31-13-22(14-31)4-6-32(7-5-22)21(36)38-20(23(25,26)27)24(28,29)30;1-10-2-3-11(8-15)12(6-10)14-4-5-17-13(7-14)18-9-16;12-10(13,14)7(11(15,16)17)21-8(20)19-3-1-9(2-4-19)5-18-6-9/h2-3,10,18,20H,4-9,11-14H2,1H3,(H,34,35);2-3,6,8-9,13H,4-5,7H2,1H3;7,18H,1-6H2. The number of likely N-dealkylation sites (tertiary alicyclic amines) is 3. The van der Waals surface area contributed by atoms with E-state index in [0.29, 0.717) is 90.2 Å². The highest BCUT2D eigenvalue weighted by Crippen LogP contribution is 2.43. The van der Waals surface area contributed by atoms with Gasteiger partial charge < -0.3 is 53.7 Å². The number of rotatable bonds is 10. The Morgan fingerprint density at radius 2 is 1.14 bits per heavy atom. The van der Waals surface area contributed by atoms with Gasteiger partial charge in [0.25, 0.3) is 18.7 Å². The highest BCUT2D eigenvalue weighted by atomic mass is 19.4. The van der Waals surface area contributed by atoms with Crippen molar-refractivity contribution >= 4 is 42.3 Å². The van der Waals surface area contributed by atoms with E-state index in [2.05, 4.69) is 19.7 Å². The van der Waals surface area contributed by atoms with E-state index in [1.807, 2.05) is 54.0 Å². The van der Waals surface area contributed by atoms with Gasteiger partial charge >= 0.3 is 42.9 Å². The molecule has 2 spiro atoms. The summed E-state index contributed by atoms with van der Waals surface area (Å²) in [5.74, 6) is -1.02. The molecule has 17 nitrogen and oxygen atoms in total. The van der Waals surface area contributed by atoms with Crippen molar-refractivity contribution in [3.05, 3.63) is 58.7 Å². The molecule has 6 aliphatic heterocycles. The molecule has 2 aromatic carbocycles. The predicted molar refractivity (Wildman–Crippen MR) is 246 cm³/mol. The van der Waals surface area contributed by atoms with Crippen LogP contribution < -0.4 is 15.1 Å². The summed E-state index contributed by atoms with van der Waals surface area (Å²) in [7, 11) is 0. The van der Waals surface area contributed by atoms with Gasteiger partial charge in [0, 0.05) is 88.9 Å². The van der Waals surface area contributed by atoms with E-state index in [9.17, 15) is 81.8 Å². The molecule has 0 bridgehead atoms. The maximum Gasteiger partial charge on any atom is 0.434 e. The van der Waals surface area contributed by atoms with Gasteiger partial charge in [0.15, 0.2) is 12.4 Å². The van der Waals surface area contributed by atoms with Gasteiger partial charge in [0.2, 0.25) is 6.29 Å². The number of piperidine rings is 2. The van der Waals surface area contributed by atoms with E-state index in [0.717, 1.165) is 57.2 Å². The highest BCUT2D eigenvalue weighted by Gasteiger charge is 2.61. The number of anilines is 2. The van der Waals surface area contributed by atoms with Crippen LogP contribution in [-0.2, 0) is 39.8 Å². The molecule has 8 rings (SSSR count). The molecule has 0 aromatic heterocycles. The fourth-order valence-electron chi connectivity index (χ4n) is 9.85. The fraction of sp³-hybridized carbons (Fsp3) is 0.646. The van der Waals surface area contributed by atoms with Crippen LogP contribution in [0.2, 0.25) is 0 Å². The van der Waals surface area contributed by atoms with Crippen molar-refractivity contribution in [1.29, 1.82) is 0 Å². The summed E-state index contributed by atoms with van der Waals surface area (Å²) < 4.78 is 173. The SMILES string of the molecule is Cc1ccc(C=O)c(N2CCOC(OC=O)C2)c1.Cc1ccc(CN2CC3(CCN(C(=O)OC(C(F)(F)F)C(F)(F)F)CC3)C2)c(N2CCOC(C(=O)O)C2)c1.O=C(OC(C(F)(F)F)C(F)(F)F)N1CCC2(CC1)CNC2. The molecule has 2 N–H and O–H groups in total. The third-order valence-corrected chi connectivity index (χ3v) is 14.1. The first kappa shape index (κ1) is 60.4. The molecule has 2 amide bonds. The molecular formula is C48H58F12N6O11. The topological polar surface area (TPSA) is 180 Å². The summed E-state index contributed by atoms with van der Waals surface area (Å²) in [5.41, 5.74) is 5.38. The first-order chi connectivity index (χ1) is 35.9. The van der Waals surface area contributed by atoms with Gasteiger partial charge in [-0.3, -0.25) is 14.5 Å². The number of carbonyl (C=O) groups is 5. The van der Waals surface area contributed by atoms with E-state index in [4.69, 9.17) is 14.2 Å². The second kappa shape index (κ2) is 24.5. The molecule has 430 valence electrons. The van der Waals surface area contributed by atoms with E-state index in [-0.39, 0.29) is 43.6 Å². The van der Waals surface area contributed by atoms with Crippen LogP contribution in [0.25, 0.3) is 0 Å². The number of benzene rings is 2. The van der Waals surface area contributed by atoms with Gasteiger partial charge in [-0.15, -0.1) is 0 Å². The number of amides is 2. The summed E-state index contributed by atoms with van der Waals surface area (Å²) >= 11 is 0. The van der Waals surface area contributed by atoms with Crippen LogP contribution in [0.15, 0.2) is 36.4 Å². The molecule has 6 fully saturated rings. The summed E-state index contributed by atoms with van der Waals surface area (Å²) in [6.45, 7) is 10.6. The van der Waals surface area contributed by atoms with Crippen molar-refractivity contribution < 1.29 is 105 Å².